The van der Waals surface area contributed by atoms with E-state index in [-0.39, 0.29) is 42.6 Å². The van der Waals surface area contributed by atoms with Crippen molar-refractivity contribution >= 4 is 34.6 Å². The van der Waals surface area contributed by atoms with E-state index >= 15 is 0 Å². The van der Waals surface area contributed by atoms with E-state index in [0.29, 0.717) is 17.9 Å². The summed E-state index contributed by atoms with van der Waals surface area (Å²) in [5.74, 6) is -0.529. The van der Waals surface area contributed by atoms with Crippen molar-refractivity contribution in [2.24, 2.45) is 5.10 Å². The molecule has 0 saturated heterocycles. The molecule has 2 aromatic rings. The Hall–Kier alpha value is -3.75. The molecule has 0 aromatic heterocycles. The van der Waals surface area contributed by atoms with Crippen LogP contribution in [0.1, 0.15) is 12.8 Å². The van der Waals surface area contributed by atoms with Crippen LogP contribution in [0.5, 0.6) is 0 Å². The molecule has 144 valence electrons. The highest BCUT2D eigenvalue weighted by Gasteiger charge is 2.25. The summed E-state index contributed by atoms with van der Waals surface area (Å²) in [4.78, 5) is 35.0. The molecule has 2 N–H and O–H groups in total. The van der Waals surface area contributed by atoms with Gasteiger partial charge >= 0.3 is 0 Å². The van der Waals surface area contributed by atoms with E-state index in [1.807, 2.05) is 6.07 Å². The maximum absolute atomic E-state index is 12.4. The highest BCUT2D eigenvalue weighted by molar-refractivity contribution is 6.40. The minimum atomic E-state index is -0.465. The molecule has 0 radical (unpaired) electrons. The lowest BCUT2D eigenvalue weighted by molar-refractivity contribution is -0.384. The zero-order chi connectivity index (χ0) is 19.9. The van der Waals surface area contributed by atoms with Gasteiger partial charge in [0.25, 0.3) is 11.6 Å². The summed E-state index contributed by atoms with van der Waals surface area (Å²) in [5.41, 5.74) is 1.24. The van der Waals surface area contributed by atoms with Gasteiger partial charge in [-0.15, -0.1) is 0 Å². The SMILES string of the molecule is O=C(NCCNc1ccccc1[N+](=O)[O-])C1=NN(c2ccccc2)C(=O)CC1. The van der Waals surface area contributed by atoms with Crippen LogP contribution >= 0.6 is 0 Å². The number of hydrogen-bond acceptors (Lipinski definition) is 6. The third-order valence-corrected chi connectivity index (χ3v) is 4.12. The lowest BCUT2D eigenvalue weighted by atomic mass is 10.1. The van der Waals surface area contributed by atoms with Gasteiger partial charge < -0.3 is 10.6 Å². The van der Waals surface area contributed by atoms with Crippen molar-refractivity contribution in [3.05, 3.63) is 64.7 Å². The number of carbonyl (C=O) groups is 2. The highest BCUT2D eigenvalue weighted by atomic mass is 16.6. The van der Waals surface area contributed by atoms with Crippen LogP contribution in [0, 0.1) is 10.1 Å². The minimum Gasteiger partial charge on any atom is -0.378 e. The van der Waals surface area contributed by atoms with Crippen molar-refractivity contribution in [2.75, 3.05) is 23.4 Å². The number of hydrogen-bond donors (Lipinski definition) is 2. The van der Waals surface area contributed by atoms with Gasteiger partial charge in [0.2, 0.25) is 5.91 Å². The molecule has 3 rings (SSSR count). The molecule has 0 atom stereocenters. The van der Waals surface area contributed by atoms with E-state index in [1.54, 1.807) is 42.5 Å². The van der Waals surface area contributed by atoms with Crippen molar-refractivity contribution < 1.29 is 14.5 Å². The lowest BCUT2D eigenvalue weighted by Crippen LogP contribution is -2.40. The minimum absolute atomic E-state index is 0.0255. The molecule has 0 spiro atoms. The molecule has 1 aliphatic rings. The second-order valence-electron chi connectivity index (χ2n) is 6.04. The number of para-hydroxylation sites is 3. The first-order valence-corrected chi connectivity index (χ1v) is 8.77. The molecule has 0 aliphatic carbocycles. The van der Waals surface area contributed by atoms with Gasteiger partial charge in [-0.1, -0.05) is 30.3 Å². The number of benzene rings is 2. The summed E-state index contributed by atoms with van der Waals surface area (Å²) in [6.07, 6.45) is 0.473. The highest BCUT2D eigenvalue weighted by Crippen LogP contribution is 2.22. The number of nitro groups is 1. The zero-order valence-electron chi connectivity index (χ0n) is 15.0. The number of nitrogens with one attached hydrogen (secondary N) is 2. The van der Waals surface area contributed by atoms with Crippen LogP contribution in [0.25, 0.3) is 0 Å². The number of rotatable bonds is 7. The Morgan fingerprint density at radius 1 is 1.07 bits per heavy atom. The molecule has 9 nitrogen and oxygen atoms in total. The maximum Gasteiger partial charge on any atom is 0.292 e. The van der Waals surface area contributed by atoms with Gasteiger partial charge in [0, 0.05) is 32.0 Å². The van der Waals surface area contributed by atoms with Crippen LogP contribution in [-0.2, 0) is 9.59 Å². The number of anilines is 2. The van der Waals surface area contributed by atoms with E-state index in [9.17, 15) is 19.7 Å². The molecule has 28 heavy (non-hydrogen) atoms. The molecule has 2 aromatic carbocycles. The second kappa shape index (κ2) is 8.76. The van der Waals surface area contributed by atoms with Gasteiger partial charge in [0.15, 0.2) is 0 Å². The average molecular weight is 381 g/mol. The molecular weight excluding hydrogens is 362 g/mol. The van der Waals surface area contributed by atoms with Gasteiger partial charge in [-0.05, 0) is 18.2 Å². The first kappa shape index (κ1) is 19.0. The zero-order valence-corrected chi connectivity index (χ0v) is 15.0. The van der Waals surface area contributed by atoms with E-state index in [1.165, 1.54) is 11.1 Å². The third kappa shape index (κ3) is 4.50. The molecule has 2 amide bonds. The Labute approximate surface area is 161 Å². The first-order valence-electron chi connectivity index (χ1n) is 8.77. The standard InChI is InChI=1S/C19H19N5O4/c25-18-11-10-16(22-23(18)14-6-2-1-3-7-14)19(26)21-13-12-20-15-8-4-5-9-17(15)24(27)28/h1-9,20H,10-13H2,(H,21,26). The predicted molar refractivity (Wildman–Crippen MR) is 105 cm³/mol. The first-order chi connectivity index (χ1) is 13.6. The molecular formula is C19H19N5O4. The van der Waals surface area contributed by atoms with E-state index in [2.05, 4.69) is 15.7 Å². The van der Waals surface area contributed by atoms with Crippen molar-refractivity contribution in [3.63, 3.8) is 0 Å². The quantitative estimate of drug-likeness (QED) is 0.434. The molecule has 0 fully saturated rings. The second-order valence-corrected chi connectivity index (χ2v) is 6.04. The lowest BCUT2D eigenvalue weighted by Gasteiger charge is -2.23. The van der Waals surface area contributed by atoms with Gasteiger partial charge in [-0.25, -0.2) is 5.01 Å². The van der Waals surface area contributed by atoms with Crippen molar-refractivity contribution in [1.82, 2.24) is 5.32 Å². The molecule has 9 heteroatoms. The number of nitrogens with zero attached hydrogens (tertiary/aromatic N) is 3. The fourth-order valence-corrected chi connectivity index (χ4v) is 2.75. The van der Waals surface area contributed by atoms with Crippen LogP contribution in [0.3, 0.4) is 0 Å². The van der Waals surface area contributed by atoms with Gasteiger partial charge in [0.1, 0.15) is 11.4 Å². The van der Waals surface area contributed by atoms with E-state index in [4.69, 9.17) is 0 Å². The summed E-state index contributed by atoms with van der Waals surface area (Å²) < 4.78 is 0. The Kier molecular flexibility index (Phi) is 5.95. The van der Waals surface area contributed by atoms with Crippen LogP contribution in [-0.4, -0.2) is 35.5 Å². The molecule has 0 saturated carbocycles. The number of carbonyl (C=O) groups excluding carboxylic acids is 2. The summed E-state index contributed by atoms with van der Waals surface area (Å²) >= 11 is 0. The molecule has 1 aliphatic heterocycles. The van der Waals surface area contributed by atoms with Crippen LogP contribution in [0.4, 0.5) is 17.1 Å². The van der Waals surface area contributed by atoms with Crippen LogP contribution in [0.2, 0.25) is 0 Å². The third-order valence-electron chi connectivity index (χ3n) is 4.12. The fourth-order valence-electron chi connectivity index (χ4n) is 2.75. The fraction of sp³-hybridized carbons (Fsp3) is 0.211. The largest absolute Gasteiger partial charge is 0.378 e. The average Bonchev–Trinajstić information content (AvgIpc) is 2.72. The van der Waals surface area contributed by atoms with Crippen molar-refractivity contribution in [2.45, 2.75) is 12.8 Å². The van der Waals surface area contributed by atoms with Gasteiger partial charge in [-0.3, -0.25) is 19.7 Å². The Morgan fingerprint density at radius 2 is 1.79 bits per heavy atom. The summed E-state index contributed by atoms with van der Waals surface area (Å²) in [7, 11) is 0. The van der Waals surface area contributed by atoms with Gasteiger partial charge in [-0.2, -0.15) is 5.10 Å². The monoisotopic (exact) mass is 381 g/mol. The number of amides is 2. The summed E-state index contributed by atoms with van der Waals surface area (Å²) in [6, 6.07) is 15.2. The molecule has 0 unspecified atom stereocenters. The Morgan fingerprint density at radius 3 is 2.54 bits per heavy atom. The van der Waals surface area contributed by atoms with Crippen molar-refractivity contribution in [1.29, 1.82) is 0 Å². The normalized spacial score (nSPS) is 13.6. The van der Waals surface area contributed by atoms with E-state index in [0.717, 1.165) is 0 Å². The van der Waals surface area contributed by atoms with Gasteiger partial charge in [0.05, 0.1) is 10.6 Å². The van der Waals surface area contributed by atoms with Crippen molar-refractivity contribution in [3.8, 4) is 0 Å². The van der Waals surface area contributed by atoms with E-state index < -0.39 is 4.92 Å². The Bertz CT molecular complexity index is 914. The Balaban J connectivity index is 1.56. The number of hydrazone groups is 1. The molecule has 0 bridgehead atoms. The number of nitro benzene ring substituents is 1. The van der Waals surface area contributed by atoms with Crippen LogP contribution in [0.15, 0.2) is 59.7 Å². The molecule has 1 heterocycles. The summed E-state index contributed by atoms with van der Waals surface area (Å²) in [5, 5.41) is 22.1. The topological polar surface area (TPSA) is 117 Å². The predicted octanol–water partition coefficient (Wildman–Crippen LogP) is 2.31. The maximum atomic E-state index is 12.4. The van der Waals surface area contributed by atoms with Crippen LogP contribution < -0.4 is 15.6 Å². The smallest absolute Gasteiger partial charge is 0.292 e. The summed E-state index contributed by atoms with van der Waals surface area (Å²) in [6.45, 7) is 0.564.